The van der Waals surface area contributed by atoms with Crippen LogP contribution in [0.1, 0.15) is 50.7 Å². The Morgan fingerprint density at radius 1 is 1.36 bits per heavy atom. The lowest BCUT2D eigenvalue weighted by Crippen LogP contribution is -2.39. The molecule has 0 radical (unpaired) electrons. The molecule has 1 aliphatic heterocycles. The largest absolute Gasteiger partial charge is 0.469 e. The van der Waals surface area contributed by atoms with E-state index >= 15 is 0 Å². The van der Waals surface area contributed by atoms with E-state index in [-0.39, 0.29) is 42.7 Å². The molecule has 2 atom stereocenters. The monoisotopic (exact) mass is 388 g/mol. The molecule has 28 heavy (non-hydrogen) atoms. The summed E-state index contributed by atoms with van der Waals surface area (Å²) in [7, 11) is 1.34. The number of amidine groups is 1. The molecule has 0 fully saturated rings. The number of nitrogens with two attached hydrogens (primary N) is 1. The van der Waals surface area contributed by atoms with Gasteiger partial charge in [-0.3, -0.25) is 15.0 Å². The standard InChI is InChI=1S/C20H28N4O4/c1-12(2)8-15(9-19(26)27-3)23-18(25)11-16-10-17(24-28-16)13-4-6-14(7-5-13)20(21)22/h4-7,12,15-16H,8-11H2,1-3H3,(H3,21,22)(H,23,25)/t15-,16?/m1/s1. The highest BCUT2D eigenvalue weighted by molar-refractivity contribution is 6.02. The minimum Gasteiger partial charge on any atom is -0.469 e. The molecule has 1 unspecified atom stereocenters. The fourth-order valence-corrected chi connectivity index (χ4v) is 3.09. The molecule has 0 bridgehead atoms. The van der Waals surface area contributed by atoms with Crippen LogP contribution in [0.5, 0.6) is 0 Å². The second-order valence-corrected chi connectivity index (χ2v) is 7.34. The zero-order valence-electron chi connectivity index (χ0n) is 16.5. The van der Waals surface area contributed by atoms with E-state index in [9.17, 15) is 9.59 Å². The molecule has 8 heteroatoms. The summed E-state index contributed by atoms with van der Waals surface area (Å²) >= 11 is 0. The lowest BCUT2D eigenvalue weighted by Gasteiger charge is -2.20. The number of benzene rings is 1. The summed E-state index contributed by atoms with van der Waals surface area (Å²) in [6.45, 7) is 4.07. The highest BCUT2D eigenvalue weighted by atomic mass is 16.6. The van der Waals surface area contributed by atoms with Crippen LogP contribution < -0.4 is 11.1 Å². The topological polar surface area (TPSA) is 127 Å². The number of nitrogen functional groups attached to an aromatic ring is 1. The fourth-order valence-electron chi connectivity index (χ4n) is 3.09. The summed E-state index contributed by atoms with van der Waals surface area (Å²) in [5.74, 6) is -0.176. The maximum atomic E-state index is 12.4. The minimum atomic E-state index is -0.347. The number of nitrogens with one attached hydrogen (secondary N) is 2. The minimum absolute atomic E-state index is 0.00798. The van der Waals surface area contributed by atoms with E-state index in [2.05, 4.69) is 10.5 Å². The number of ether oxygens (including phenoxy) is 1. The van der Waals surface area contributed by atoms with Crippen molar-refractivity contribution in [3.8, 4) is 0 Å². The Kier molecular flexibility index (Phi) is 7.54. The van der Waals surface area contributed by atoms with Crippen molar-refractivity contribution in [2.75, 3.05) is 7.11 Å². The number of hydrogen-bond acceptors (Lipinski definition) is 6. The first-order chi connectivity index (χ1) is 13.3. The molecule has 0 saturated heterocycles. The molecule has 8 nitrogen and oxygen atoms in total. The summed E-state index contributed by atoms with van der Waals surface area (Å²) < 4.78 is 4.71. The Balaban J connectivity index is 1.87. The van der Waals surface area contributed by atoms with Gasteiger partial charge in [-0.05, 0) is 17.9 Å². The number of nitrogens with zero attached hydrogens (tertiary/aromatic N) is 1. The summed E-state index contributed by atoms with van der Waals surface area (Å²) in [6.07, 6.45) is 1.17. The Morgan fingerprint density at radius 3 is 2.61 bits per heavy atom. The van der Waals surface area contributed by atoms with Gasteiger partial charge in [0.2, 0.25) is 5.91 Å². The van der Waals surface area contributed by atoms with Gasteiger partial charge in [-0.15, -0.1) is 0 Å². The molecule has 0 aromatic heterocycles. The predicted octanol–water partition coefficient (Wildman–Crippen LogP) is 1.95. The van der Waals surface area contributed by atoms with Gasteiger partial charge >= 0.3 is 5.97 Å². The number of methoxy groups -OCH3 is 1. The Bertz CT molecular complexity index is 743. The van der Waals surface area contributed by atoms with E-state index in [4.69, 9.17) is 20.7 Å². The van der Waals surface area contributed by atoms with Crippen molar-refractivity contribution in [1.29, 1.82) is 5.41 Å². The molecule has 1 aliphatic rings. The van der Waals surface area contributed by atoms with Crippen molar-refractivity contribution in [3.05, 3.63) is 35.4 Å². The lowest BCUT2D eigenvalue weighted by molar-refractivity contribution is -0.141. The maximum Gasteiger partial charge on any atom is 0.307 e. The third-order valence-electron chi connectivity index (χ3n) is 4.44. The molecule has 0 aliphatic carbocycles. The van der Waals surface area contributed by atoms with Crippen LogP contribution in [0.3, 0.4) is 0 Å². The normalized spacial score (nSPS) is 16.9. The Hall–Kier alpha value is -2.90. The van der Waals surface area contributed by atoms with Crippen molar-refractivity contribution in [3.63, 3.8) is 0 Å². The van der Waals surface area contributed by atoms with Crippen LogP contribution in [0.25, 0.3) is 0 Å². The van der Waals surface area contributed by atoms with Gasteiger partial charge in [0.1, 0.15) is 11.9 Å². The second-order valence-electron chi connectivity index (χ2n) is 7.34. The molecule has 2 rings (SSSR count). The van der Waals surface area contributed by atoms with E-state index in [1.54, 1.807) is 12.1 Å². The van der Waals surface area contributed by atoms with Gasteiger partial charge in [0.25, 0.3) is 0 Å². The summed E-state index contributed by atoms with van der Waals surface area (Å²) in [5.41, 5.74) is 7.72. The van der Waals surface area contributed by atoms with Crippen molar-refractivity contribution in [2.24, 2.45) is 16.8 Å². The molecule has 0 saturated carbocycles. The first-order valence-corrected chi connectivity index (χ1v) is 9.32. The lowest BCUT2D eigenvalue weighted by atomic mass is 9.99. The van der Waals surface area contributed by atoms with Gasteiger partial charge in [-0.25, -0.2) is 0 Å². The Morgan fingerprint density at radius 2 is 2.04 bits per heavy atom. The van der Waals surface area contributed by atoms with Crippen molar-refractivity contribution >= 4 is 23.4 Å². The van der Waals surface area contributed by atoms with Gasteiger partial charge in [0.15, 0.2) is 0 Å². The highest BCUT2D eigenvalue weighted by Crippen LogP contribution is 2.20. The third-order valence-corrected chi connectivity index (χ3v) is 4.44. The average molecular weight is 388 g/mol. The third kappa shape index (κ3) is 6.37. The number of oxime groups is 1. The first kappa shape index (κ1) is 21.4. The van der Waals surface area contributed by atoms with Crippen molar-refractivity contribution in [1.82, 2.24) is 5.32 Å². The smallest absolute Gasteiger partial charge is 0.307 e. The average Bonchev–Trinajstić information content (AvgIpc) is 3.09. The molecule has 4 N–H and O–H groups in total. The molecule has 0 spiro atoms. The molecule has 1 heterocycles. The quantitative estimate of drug-likeness (QED) is 0.338. The van der Waals surface area contributed by atoms with Crippen molar-refractivity contribution in [2.45, 2.75) is 51.7 Å². The van der Waals surface area contributed by atoms with E-state index in [0.717, 1.165) is 11.3 Å². The number of hydrogen-bond donors (Lipinski definition) is 3. The zero-order chi connectivity index (χ0) is 20.7. The molecule has 1 amide bonds. The van der Waals surface area contributed by atoms with Crippen LogP contribution in [0.2, 0.25) is 0 Å². The van der Waals surface area contributed by atoms with Gasteiger partial charge in [-0.2, -0.15) is 0 Å². The fraction of sp³-hybridized carbons (Fsp3) is 0.500. The van der Waals surface area contributed by atoms with Crippen molar-refractivity contribution < 1.29 is 19.2 Å². The van der Waals surface area contributed by atoms with Crippen LogP contribution in [-0.2, 0) is 19.2 Å². The zero-order valence-corrected chi connectivity index (χ0v) is 16.5. The van der Waals surface area contributed by atoms with Gasteiger partial charge in [0, 0.05) is 18.0 Å². The number of carbonyl (C=O) groups excluding carboxylic acids is 2. The van der Waals surface area contributed by atoms with Crippen LogP contribution in [0.4, 0.5) is 0 Å². The second kappa shape index (κ2) is 9.87. The first-order valence-electron chi connectivity index (χ1n) is 9.32. The maximum absolute atomic E-state index is 12.4. The number of amides is 1. The Labute approximate surface area is 165 Å². The van der Waals surface area contributed by atoms with E-state index in [1.807, 2.05) is 26.0 Å². The van der Waals surface area contributed by atoms with Crippen LogP contribution in [0, 0.1) is 11.3 Å². The molecular weight excluding hydrogens is 360 g/mol. The number of carbonyl (C=O) groups is 2. The van der Waals surface area contributed by atoms with Crippen LogP contribution in [-0.4, -0.2) is 42.7 Å². The van der Waals surface area contributed by atoms with E-state index < -0.39 is 0 Å². The molecule has 1 aromatic carbocycles. The molecular formula is C20H28N4O4. The predicted molar refractivity (Wildman–Crippen MR) is 106 cm³/mol. The number of rotatable bonds is 9. The van der Waals surface area contributed by atoms with E-state index in [1.165, 1.54) is 7.11 Å². The van der Waals surface area contributed by atoms with Crippen LogP contribution in [0.15, 0.2) is 29.4 Å². The summed E-state index contributed by atoms with van der Waals surface area (Å²) in [6, 6.07) is 6.90. The molecule has 1 aromatic rings. The van der Waals surface area contributed by atoms with Gasteiger partial charge in [0.05, 0.1) is 25.7 Å². The number of esters is 1. The summed E-state index contributed by atoms with van der Waals surface area (Å²) in [5, 5.41) is 14.4. The SMILES string of the molecule is COC(=O)C[C@@H](CC(C)C)NC(=O)CC1CC(c2ccc(C(=N)N)cc2)=NO1. The molecule has 152 valence electrons. The van der Waals surface area contributed by atoms with Gasteiger partial charge in [-0.1, -0.05) is 43.3 Å². The van der Waals surface area contributed by atoms with Gasteiger partial charge < -0.3 is 20.6 Å². The summed E-state index contributed by atoms with van der Waals surface area (Å²) in [4.78, 5) is 29.4. The van der Waals surface area contributed by atoms with E-state index in [0.29, 0.717) is 24.3 Å². The van der Waals surface area contributed by atoms with Crippen LogP contribution >= 0.6 is 0 Å². The highest BCUT2D eigenvalue weighted by Gasteiger charge is 2.26.